The van der Waals surface area contributed by atoms with Crippen molar-refractivity contribution in [2.45, 2.75) is 0 Å². The molecule has 3 aromatic rings. The smallest absolute Gasteiger partial charge is 0.113 e. The van der Waals surface area contributed by atoms with E-state index in [4.69, 9.17) is 11.6 Å². The largest absolute Gasteiger partial charge is 0.276 e. The number of nitrogens with one attached hydrogen (secondary N) is 1. The van der Waals surface area contributed by atoms with Crippen molar-refractivity contribution in [3.63, 3.8) is 0 Å². The minimum Gasteiger partial charge on any atom is -0.276 e. The summed E-state index contributed by atoms with van der Waals surface area (Å²) < 4.78 is 0. The Bertz CT molecular complexity index is 592. The van der Waals surface area contributed by atoms with Gasteiger partial charge in [0.05, 0.1) is 10.7 Å². The Morgan fingerprint density at radius 3 is 2.22 bits per heavy atom. The van der Waals surface area contributed by atoms with E-state index in [0.717, 1.165) is 16.8 Å². The molecule has 0 atom stereocenters. The SMILES string of the molecule is Clc1c(-c2cccnc2)n[nH]c1-c1cccnc1. The van der Waals surface area contributed by atoms with E-state index in [0.29, 0.717) is 10.7 Å². The summed E-state index contributed by atoms with van der Waals surface area (Å²) >= 11 is 6.34. The number of halogens is 1. The minimum atomic E-state index is 0.580. The average Bonchev–Trinajstić information content (AvgIpc) is 2.83. The van der Waals surface area contributed by atoms with Crippen molar-refractivity contribution in [1.29, 1.82) is 0 Å². The zero-order chi connectivity index (χ0) is 12.4. The highest BCUT2D eigenvalue weighted by molar-refractivity contribution is 6.35. The molecular weight excluding hydrogens is 248 g/mol. The third-order valence-corrected chi connectivity index (χ3v) is 2.96. The standard InChI is InChI=1S/C13H9ClN4/c14-11-12(9-3-1-5-15-7-9)17-18-13(11)10-4-2-6-16-8-10/h1-8H,(H,17,18). The summed E-state index contributed by atoms with van der Waals surface area (Å²) in [5.74, 6) is 0. The number of rotatable bonds is 2. The predicted molar refractivity (Wildman–Crippen MR) is 70.1 cm³/mol. The molecule has 0 aromatic carbocycles. The van der Waals surface area contributed by atoms with Crippen LogP contribution in [0.25, 0.3) is 22.5 Å². The van der Waals surface area contributed by atoms with Crippen LogP contribution in [0.5, 0.6) is 0 Å². The minimum absolute atomic E-state index is 0.580. The van der Waals surface area contributed by atoms with Crippen LogP contribution in [0, 0.1) is 0 Å². The number of aromatic amines is 1. The Morgan fingerprint density at radius 1 is 0.944 bits per heavy atom. The van der Waals surface area contributed by atoms with Gasteiger partial charge in [-0.1, -0.05) is 11.6 Å². The summed E-state index contributed by atoms with van der Waals surface area (Å²) in [6.07, 6.45) is 6.91. The summed E-state index contributed by atoms with van der Waals surface area (Å²) in [5, 5.41) is 7.76. The second-order valence-corrected chi connectivity index (χ2v) is 4.12. The van der Waals surface area contributed by atoms with Crippen LogP contribution in [0.3, 0.4) is 0 Å². The lowest BCUT2D eigenvalue weighted by atomic mass is 10.1. The van der Waals surface area contributed by atoms with E-state index in [-0.39, 0.29) is 0 Å². The van der Waals surface area contributed by atoms with E-state index in [1.54, 1.807) is 24.8 Å². The molecule has 0 fully saturated rings. The maximum Gasteiger partial charge on any atom is 0.113 e. The number of nitrogens with zero attached hydrogens (tertiary/aromatic N) is 3. The highest BCUT2D eigenvalue weighted by atomic mass is 35.5. The number of hydrogen-bond acceptors (Lipinski definition) is 3. The fraction of sp³-hybridized carbons (Fsp3) is 0. The molecule has 3 rings (SSSR count). The van der Waals surface area contributed by atoms with Crippen LogP contribution in [-0.2, 0) is 0 Å². The van der Waals surface area contributed by atoms with Gasteiger partial charge in [0, 0.05) is 35.9 Å². The number of aromatic nitrogens is 4. The van der Waals surface area contributed by atoms with E-state index in [2.05, 4.69) is 20.2 Å². The maximum absolute atomic E-state index is 6.34. The first-order valence-electron chi connectivity index (χ1n) is 5.41. The highest BCUT2D eigenvalue weighted by Gasteiger charge is 2.14. The molecule has 0 amide bonds. The average molecular weight is 257 g/mol. The van der Waals surface area contributed by atoms with Crippen molar-refractivity contribution >= 4 is 11.6 Å². The van der Waals surface area contributed by atoms with Gasteiger partial charge in [0.25, 0.3) is 0 Å². The highest BCUT2D eigenvalue weighted by Crippen LogP contribution is 2.33. The van der Waals surface area contributed by atoms with Gasteiger partial charge < -0.3 is 0 Å². The van der Waals surface area contributed by atoms with Gasteiger partial charge in [-0.25, -0.2) is 0 Å². The fourth-order valence-corrected chi connectivity index (χ4v) is 2.03. The summed E-state index contributed by atoms with van der Waals surface area (Å²) in [6.45, 7) is 0. The molecule has 0 aliphatic heterocycles. The first kappa shape index (κ1) is 10.9. The molecule has 3 heterocycles. The molecule has 3 aromatic heterocycles. The molecule has 0 bridgehead atoms. The Labute approximate surface area is 109 Å². The second kappa shape index (κ2) is 4.58. The Morgan fingerprint density at radius 2 is 1.61 bits per heavy atom. The molecule has 88 valence electrons. The molecule has 0 aliphatic rings. The van der Waals surface area contributed by atoms with Crippen LogP contribution >= 0.6 is 11.6 Å². The van der Waals surface area contributed by atoms with E-state index in [9.17, 15) is 0 Å². The Kier molecular flexibility index (Phi) is 2.78. The van der Waals surface area contributed by atoms with Crippen LogP contribution in [0.15, 0.2) is 49.1 Å². The van der Waals surface area contributed by atoms with Crippen molar-refractivity contribution < 1.29 is 0 Å². The Balaban J connectivity index is 2.09. The summed E-state index contributed by atoms with van der Waals surface area (Å²) in [4.78, 5) is 8.12. The fourth-order valence-electron chi connectivity index (χ4n) is 1.72. The molecule has 0 radical (unpaired) electrons. The van der Waals surface area contributed by atoms with Crippen molar-refractivity contribution in [3.05, 3.63) is 54.1 Å². The van der Waals surface area contributed by atoms with Gasteiger partial charge in [0.1, 0.15) is 5.69 Å². The molecule has 0 saturated heterocycles. The molecule has 0 saturated carbocycles. The van der Waals surface area contributed by atoms with Gasteiger partial charge >= 0.3 is 0 Å². The monoisotopic (exact) mass is 256 g/mol. The number of H-pyrrole nitrogens is 1. The van der Waals surface area contributed by atoms with Crippen molar-refractivity contribution in [2.24, 2.45) is 0 Å². The van der Waals surface area contributed by atoms with Gasteiger partial charge in [-0.2, -0.15) is 5.10 Å². The van der Waals surface area contributed by atoms with Crippen LogP contribution in [-0.4, -0.2) is 20.2 Å². The molecule has 0 spiro atoms. The van der Waals surface area contributed by atoms with Gasteiger partial charge in [-0.3, -0.25) is 15.1 Å². The third kappa shape index (κ3) is 1.87. The van der Waals surface area contributed by atoms with E-state index < -0.39 is 0 Å². The zero-order valence-electron chi connectivity index (χ0n) is 9.34. The van der Waals surface area contributed by atoms with Gasteiger partial charge in [0.2, 0.25) is 0 Å². The molecular formula is C13H9ClN4. The molecule has 5 heteroatoms. The van der Waals surface area contributed by atoms with Crippen LogP contribution in [0.1, 0.15) is 0 Å². The lowest BCUT2D eigenvalue weighted by Crippen LogP contribution is -1.80. The third-order valence-electron chi connectivity index (χ3n) is 2.59. The Hall–Kier alpha value is -2.20. The summed E-state index contributed by atoms with van der Waals surface area (Å²) in [6, 6.07) is 7.56. The van der Waals surface area contributed by atoms with Gasteiger partial charge in [-0.05, 0) is 24.3 Å². The lowest BCUT2D eigenvalue weighted by molar-refractivity contribution is 1.09. The number of pyridine rings is 2. The molecule has 1 N–H and O–H groups in total. The topological polar surface area (TPSA) is 54.5 Å². The van der Waals surface area contributed by atoms with Crippen LogP contribution in [0.2, 0.25) is 5.02 Å². The molecule has 4 nitrogen and oxygen atoms in total. The molecule has 18 heavy (non-hydrogen) atoms. The van der Waals surface area contributed by atoms with Gasteiger partial charge in [-0.15, -0.1) is 0 Å². The van der Waals surface area contributed by atoms with Crippen LogP contribution < -0.4 is 0 Å². The first-order valence-corrected chi connectivity index (χ1v) is 5.78. The molecule has 0 unspecified atom stereocenters. The number of hydrogen-bond donors (Lipinski definition) is 1. The first-order chi connectivity index (χ1) is 8.86. The lowest BCUT2D eigenvalue weighted by Gasteiger charge is -1.98. The van der Waals surface area contributed by atoms with E-state index in [1.165, 1.54) is 0 Å². The van der Waals surface area contributed by atoms with Crippen molar-refractivity contribution in [3.8, 4) is 22.5 Å². The quantitative estimate of drug-likeness (QED) is 0.766. The normalized spacial score (nSPS) is 10.5. The predicted octanol–water partition coefficient (Wildman–Crippen LogP) is 3.19. The van der Waals surface area contributed by atoms with Gasteiger partial charge in [0.15, 0.2) is 0 Å². The second-order valence-electron chi connectivity index (χ2n) is 3.74. The van der Waals surface area contributed by atoms with E-state index in [1.807, 2.05) is 24.3 Å². The van der Waals surface area contributed by atoms with Crippen LogP contribution in [0.4, 0.5) is 0 Å². The zero-order valence-corrected chi connectivity index (χ0v) is 10.1. The summed E-state index contributed by atoms with van der Waals surface area (Å²) in [7, 11) is 0. The van der Waals surface area contributed by atoms with Crippen molar-refractivity contribution in [1.82, 2.24) is 20.2 Å². The maximum atomic E-state index is 6.34. The summed E-state index contributed by atoms with van der Waals surface area (Å²) in [5.41, 5.74) is 3.26. The molecule has 0 aliphatic carbocycles. The van der Waals surface area contributed by atoms with Crippen molar-refractivity contribution in [2.75, 3.05) is 0 Å². The van der Waals surface area contributed by atoms with E-state index >= 15 is 0 Å².